The molecule has 0 atom stereocenters. The van der Waals surface area contributed by atoms with Crippen molar-refractivity contribution in [2.45, 2.75) is 124 Å². The number of aryl methyl sites for hydroxylation is 2. The van der Waals surface area contributed by atoms with Gasteiger partial charge in [-0.3, -0.25) is 0 Å². The molecule has 7 nitrogen and oxygen atoms in total. The summed E-state index contributed by atoms with van der Waals surface area (Å²) in [5, 5.41) is 20.1. The first-order valence-corrected chi connectivity index (χ1v) is 21.6. The predicted molar refractivity (Wildman–Crippen MR) is 231 cm³/mol. The van der Waals surface area contributed by atoms with Gasteiger partial charge in [0.05, 0.1) is 33.0 Å². The fraction of sp³-hybridized carbons (Fsp3) is 0.520. The lowest BCUT2D eigenvalue weighted by Crippen LogP contribution is -2.31. The topological polar surface area (TPSA) is 102 Å². The van der Waals surface area contributed by atoms with Gasteiger partial charge in [-0.25, -0.2) is 18.4 Å². The van der Waals surface area contributed by atoms with Gasteiger partial charge in [0.25, 0.3) is 0 Å². The molecule has 2 N–H and O–H groups in total. The quantitative estimate of drug-likeness (QED) is 0.0527. The molecule has 9 heteroatoms. The molecule has 59 heavy (non-hydrogen) atoms. The minimum absolute atomic E-state index is 0.0839. The maximum absolute atomic E-state index is 16.3. The molecule has 0 aliphatic heterocycles. The molecule has 0 spiro atoms. The highest BCUT2D eigenvalue weighted by molar-refractivity contribution is 5.87. The Morgan fingerprint density at radius 2 is 1.25 bits per heavy atom. The zero-order valence-electron chi connectivity index (χ0n) is 35.8. The van der Waals surface area contributed by atoms with E-state index in [9.17, 15) is 19.8 Å². The Labute approximate surface area is 350 Å². The van der Waals surface area contributed by atoms with Crippen LogP contribution in [0.5, 0.6) is 5.75 Å². The summed E-state index contributed by atoms with van der Waals surface area (Å²) in [6.07, 6.45) is 12.4. The number of unbranched alkanes of at least 4 members (excludes halogenated alkanes) is 2. The molecule has 1 aliphatic rings. The number of ether oxygens (including phenoxy) is 3. The number of aliphatic hydroxyl groups is 2. The molecule has 322 valence electrons. The summed E-state index contributed by atoms with van der Waals surface area (Å²) in [4.78, 5) is 24.2. The number of hydrogen-bond donors (Lipinski definition) is 2. The van der Waals surface area contributed by atoms with Crippen molar-refractivity contribution in [1.29, 1.82) is 0 Å². The van der Waals surface area contributed by atoms with Crippen LogP contribution in [0.2, 0.25) is 0 Å². The van der Waals surface area contributed by atoms with Crippen LogP contribution in [0.4, 0.5) is 8.78 Å². The van der Waals surface area contributed by atoms with Gasteiger partial charge in [-0.2, -0.15) is 0 Å². The van der Waals surface area contributed by atoms with Gasteiger partial charge < -0.3 is 24.4 Å². The summed E-state index contributed by atoms with van der Waals surface area (Å²) in [6.45, 7) is 14.5. The molecule has 0 saturated heterocycles. The van der Waals surface area contributed by atoms with Crippen molar-refractivity contribution >= 4 is 11.9 Å². The van der Waals surface area contributed by atoms with Crippen LogP contribution in [0.3, 0.4) is 0 Å². The Balaban J connectivity index is 1.65. The smallest absolute Gasteiger partial charge is 0.333 e. The molecule has 3 aromatic rings. The summed E-state index contributed by atoms with van der Waals surface area (Å²) < 4.78 is 49.6. The van der Waals surface area contributed by atoms with E-state index >= 15 is 8.78 Å². The van der Waals surface area contributed by atoms with Crippen LogP contribution in [0.25, 0.3) is 22.3 Å². The predicted octanol–water partition coefficient (Wildman–Crippen LogP) is 11.4. The maximum Gasteiger partial charge on any atom is 0.333 e. The first-order valence-electron chi connectivity index (χ1n) is 21.6. The van der Waals surface area contributed by atoms with E-state index in [2.05, 4.69) is 32.2 Å². The largest absolute Gasteiger partial charge is 0.493 e. The Kier molecular flexibility index (Phi) is 18.8. The van der Waals surface area contributed by atoms with Gasteiger partial charge in [-0.15, -0.1) is 0 Å². The number of carbonyl (C=O) groups is 2. The highest BCUT2D eigenvalue weighted by Gasteiger charge is 2.28. The molecule has 0 heterocycles. The van der Waals surface area contributed by atoms with Gasteiger partial charge in [0.1, 0.15) is 5.75 Å². The van der Waals surface area contributed by atoms with Crippen molar-refractivity contribution in [3.05, 3.63) is 101 Å². The van der Waals surface area contributed by atoms with Crippen molar-refractivity contribution in [2.75, 3.05) is 33.0 Å². The monoisotopic (exact) mass is 816 g/mol. The van der Waals surface area contributed by atoms with Crippen LogP contribution in [-0.4, -0.2) is 55.2 Å². The normalized spacial score (nSPS) is 15.5. The zero-order valence-corrected chi connectivity index (χ0v) is 35.8. The fourth-order valence-corrected chi connectivity index (χ4v) is 7.94. The summed E-state index contributed by atoms with van der Waals surface area (Å²) in [7, 11) is 0. The fourth-order valence-electron chi connectivity index (χ4n) is 7.94. The van der Waals surface area contributed by atoms with E-state index in [1.54, 1.807) is 38.1 Å². The second-order valence-corrected chi connectivity index (χ2v) is 16.6. The SMILES string of the molecule is C=C(C)C(=O)OCCCc1cc(-c2ccc(-c3ccc(C4CCC(CCCCC)CC4)cc3)c(F)c2F)cc(CCCOC(=O)C(=C)C)c1OCCC(CC)(CO)CO. The van der Waals surface area contributed by atoms with Crippen LogP contribution in [-0.2, 0) is 31.9 Å². The summed E-state index contributed by atoms with van der Waals surface area (Å²) in [5.74, 6) is -1.09. The molecule has 3 aromatic carbocycles. The van der Waals surface area contributed by atoms with Crippen molar-refractivity contribution in [3.63, 3.8) is 0 Å². The van der Waals surface area contributed by atoms with E-state index in [-0.39, 0.29) is 55.3 Å². The standard InChI is InChI=1S/C50H66F2O7/c1-7-9-10-13-36-16-18-37(19-17-36)38-20-22-39(23-21-38)43-24-25-44(46(52)45(43)51)42-30-40(14-11-27-58-48(55)34(3)4)47(57-29-26-50(8-2,32-53)33-54)41(31-42)15-12-28-59-49(56)35(5)6/h20-25,30-31,36-37,53-54H,3,5,7-19,26-29,32-33H2,1-2,4,6H3. The molecular formula is C50H66F2O7. The lowest BCUT2D eigenvalue weighted by Gasteiger charge is -2.29. The van der Waals surface area contributed by atoms with Crippen molar-refractivity contribution in [1.82, 2.24) is 0 Å². The molecule has 0 unspecified atom stereocenters. The molecule has 0 amide bonds. The van der Waals surface area contributed by atoms with Gasteiger partial charge in [0.2, 0.25) is 0 Å². The van der Waals surface area contributed by atoms with E-state index in [4.69, 9.17) is 14.2 Å². The third kappa shape index (κ3) is 13.3. The number of aliphatic hydroxyl groups excluding tert-OH is 2. The van der Waals surface area contributed by atoms with Crippen LogP contribution in [0.15, 0.2) is 72.8 Å². The van der Waals surface area contributed by atoms with Gasteiger partial charge in [0, 0.05) is 27.7 Å². The molecule has 1 fully saturated rings. The van der Waals surface area contributed by atoms with Crippen LogP contribution >= 0.6 is 0 Å². The number of esters is 2. The lowest BCUT2D eigenvalue weighted by atomic mass is 9.77. The Morgan fingerprint density at radius 3 is 1.73 bits per heavy atom. The second kappa shape index (κ2) is 23.4. The highest BCUT2D eigenvalue weighted by atomic mass is 19.2. The second-order valence-electron chi connectivity index (χ2n) is 16.6. The van der Waals surface area contributed by atoms with E-state index in [0.29, 0.717) is 72.4 Å². The van der Waals surface area contributed by atoms with Crippen molar-refractivity contribution < 1.29 is 42.8 Å². The number of carbonyl (C=O) groups excluding carboxylic acids is 2. The lowest BCUT2D eigenvalue weighted by molar-refractivity contribution is -0.139. The van der Waals surface area contributed by atoms with Crippen molar-refractivity contribution in [3.8, 4) is 28.0 Å². The molecule has 0 aromatic heterocycles. The minimum Gasteiger partial charge on any atom is -0.493 e. The molecule has 1 saturated carbocycles. The molecule has 0 radical (unpaired) electrons. The molecule has 0 bridgehead atoms. The van der Waals surface area contributed by atoms with Gasteiger partial charge in [-0.1, -0.05) is 89.1 Å². The number of hydrogen-bond acceptors (Lipinski definition) is 7. The average Bonchev–Trinajstić information content (AvgIpc) is 3.24. The van der Waals surface area contributed by atoms with Gasteiger partial charge in [-0.05, 0) is 130 Å². The van der Waals surface area contributed by atoms with E-state index in [1.807, 2.05) is 19.1 Å². The summed E-state index contributed by atoms with van der Waals surface area (Å²) >= 11 is 0. The first-order chi connectivity index (χ1) is 28.4. The number of rotatable bonds is 24. The first kappa shape index (κ1) is 47.3. The van der Waals surface area contributed by atoms with Crippen LogP contribution < -0.4 is 4.74 Å². The Bertz CT molecular complexity index is 1790. The van der Waals surface area contributed by atoms with Crippen molar-refractivity contribution in [2.24, 2.45) is 11.3 Å². The minimum atomic E-state index is -0.970. The van der Waals surface area contributed by atoms with Crippen LogP contribution in [0, 0.1) is 23.0 Å². The Hall–Kier alpha value is -4.34. The van der Waals surface area contributed by atoms with E-state index in [1.165, 1.54) is 44.1 Å². The third-order valence-electron chi connectivity index (χ3n) is 12.0. The molecule has 4 rings (SSSR count). The number of halogens is 2. The Morgan fingerprint density at radius 1 is 0.729 bits per heavy atom. The van der Waals surface area contributed by atoms with Gasteiger partial charge >= 0.3 is 11.9 Å². The highest BCUT2D eigenvalue weighted by Crippen LogP contribution is 2.40. The molecular weight excluding hydrogens is 751 g/mol. The summed E-state index contributed by atoms with van der Waals surface area (Å²) in [6, 6.07) is 14.7. The summed E-state index contributed by atoms with van der Waals surface area (Å²) in [5.41, 5.74) is 3.77. The number of benzene rings is 3. The maximum atomic E-state index is 16.3. The van der Waals surface area contributed by atoms with E-state index < -0.39 is 29.0 Å². The zero-order chi connectivity index (χ0) is 43.0. The van der Waals surface area contributed by atoms with E-state index in [0.717, 1.165) is 18.8 Å². The average molecular weight is 817 g/mol. The van der Waals surface area contributed by atoms with Gasteiger partial charge in [0.15, 0.2) is 11.6 Å². The van der Waals surface area contributed by atoms with Crippen LogP contribution in [0.1, 0.15) is 127 Å². The molecule has 1 aliphatic carbocycles. The third-order valence-corrected chi connectivity index (χ3v) is 12.0.